The van der Waals surface area contributed by atoms with Crippen LogP contribution in [0.1, 0.15) is 22.9 Å². The molecule has 0 aliphatic carbocycles. The number of rotatable bonds is 7. The Balaban J connectivity index is 1.36. The van der Waals surface area contributed by atoms with Gasteiger partial charge in [0.1, 0.15) is 18.1 Å². The van der Waals surface area contributed by atoms with Gasteiger partial charge in [-0.25, -0.2) is 4.79 Å². The molecule has 0 radical (unpaired) electrons. The Morgan fingerprint density at radius 1 is 1.17 bits per heavy atom. The molecule has 1 amide bonds. The summed E-state index contributed by atoms with van der Waals surface area (Å²) in [5.41, 5.74) is 2.19. The lowest BCUT2D eigenvalue weighted by atomic mass is 10.1. The first kappa shape index (κ1) is 20.4. The maximum Gasteiger partial charge on any atom is 0.410 e. The van der Waals surface area contributed by atoms with Gasteiger partial charge < -0.3 is 24.5 Å². The largest absolute Gasteiger partial charge is 0.494 e. The number of thiazole rings is 1. The highest BCUT2D eigenvalue weighted by Crippen LogP contribution is 2.27. The number of cyclic esters (lactones) is 1. The molecule has 1 atom stereocenters. The highest BCUT2D eigenvalue weighted by Gasteiger charge is 2.31. The Labute approximate surface area is 183 Å². The van der Waals surface area contributed by atoms with Crippen LogP contribution in [-0.2, 0) is 17.6 Å². The molecule has 1 aliphatic rings. The summed E-state index contributed by atoms with van der Waals surface area (Å²) in [6.07, 6.45) is 1.14. The number of hydrogen-bond donors (Lipinski definition) is 2. The van der Waals surface area contributed by atoms with Crippen molar-refractivity contribution in [2.24, 2.45) is 0 Å². The van der Waals surface area contributed by atoms with E-state index in [-0.39, 0.29) is 18.0 Å². The number of aromatic nitrogens is 1. The average molecular weight is 443 g/mol. The monoisotopic (exact) mass is 442 g/mol. The van der Waals surface area contributed by atoms with Gasteiger partial charge in [0.2, 0.25) is 5.88 Å². The van der Waals surface area contributed by atoms with Crippen LogP contribution in [0.15, 0.2) is 48.5 Å². The van der Waals surface area contributed by atoms with E-state index in [1.807, 2.05) is 55.5 Å². The molecular formula is C22H22N2O4S2. The predicted molar refractivity (Wildman–Crippen MR) is 118 cm³/mol. The fourth-order valence-corrected chi connectivity index (χ4v) is 4.64. The van der Waals surface area contributed by atoms with E-state index in [4.69, 9.17) is 21.7 Å². The maximum absolute atomic E-state index is 11.7. The van der Waals surface area contributed by atoms with Gasteiger partial charge in [0.05, 0.1) is 10.9 Å². The van der Waals surface area contributed by atoms with Crippen molar-refractivity contribution in [1.82, 2.24) is 9.88 Å². The Morgan fingerprint density at radius 2 is 1.80 bits per heavy atom. The number of H-pyrrole nitrogens is 1. The zero-order valence-electron chi connectivity index (χ0n) is 16.5. The van der Waals surface area contributed by atoms with E-state index in [1.54, 1.807) is 4.90 Å². The topological polar surface area (TPSA) is 74.8 Å². The molecule has 0 bridgehead atoms. The average Bonchev–Trinajstić information content (AvgIpc) is 3.25. The van der Waals surface area contributed by atoms with Crippen LogP contribution in [0.25, 0.3) is 0 Å². The highest BCUT2D eigenvalue weighted by atomic mass is 32.1. The second-order valence-electron chi connectivity index (χ2n) is 7.07. The van der Waals surface area contributed by atoms with E-state index in [1.165, 1.54) is 11.3 Å². The summed E-state index contributed by atoms with van der Waals surface area (Å²) in [5, 5.41) is 9.83. The second kappa shape index (κ2) is 8.89. The minimum atomic E-state index is -0.233. The number of benzene rings is 2. The Bertz CT molecular complexity index is 1070. The van der Waals surface area contributed by atoms with Crippen molar-refractivity contribution in [2.75, 3.05) is 13.2 Å². The summed E-state index contributed by atoms with van der Waals surface area (Å²) >= 11 is 6.43. The highest BCUT2D eigenvalue weighted by molar-refractivity contribution is 7.73. The number of ether oxygens (including phenoxy) is 2. The zero-order chi connectivity index (χ0) is 21.1. The fourth-order valence-electron chi connectivity index (χ4n) is 3.48. The van der Waals surface area contributed by atoms with Crippen molar-refractivity contribution in [3.8, 4) is 17.4 Å². The molecule has 30 heavy (non-hydrogen) atoms. The minimum absolute atomic E-state index is 0.0824. The third-order valence-corrected chi connectivity index (χ3v) is 6.26. The van der Waals surface area contributed by atoms with Crippen LogP contribution in [0.4, 0.5) is 4.79 Å². The van der Waals surface area contributed by atoms with E-state index in [9.17, 15) is 9.90 Å². The van der Waals surface area contributed by atoms with Gasteiger partial charge >= 0.3 is 6.09 Å². The molecule has 2 heterocycles. The van der Waals surface area contributed by atoms with E-state index >= 15 is 0 Å². The zero-order valence-corrected chi connectivity index (χ0v) is 18.1. The van der Waals surface area contributed by atoms with Gasteiger partial charge in [-0.1, -0.05) is 24.3 Å². The van der Waals surface area contributed by atoms with E-state index in [0.29, 0.717) is 23.5 Å². The van der Waals surface area contributed by atoms with Crippen LogP contribution in [0.5, 0.6) is 17.4 Å². The molecule has 1 aliphatic heterocycles. The van der Waals surface area contributed by atoms with Crippen LogP contribution in [0, 0.1) is 3.95 Å². The van der Waals surface area contributed by atoms with Crippen molar-refractivity contribution >= 4 is 29.6 Å². The summed E-state index contributed by atoms with van der Waals surface area (Å²) in [6.45, 7) is 3.05. The molecule has 1 fully saturated rings. The van der Waals surface area contributed by atoms with Gasteiger partial charge in [-0.05, 0) is 61.0 Å². The molecule has 6 nitrogen and oxygen atoms in total. The van der Waals surface area contributed by atoms with Gasteiger partial charge in [-0.3, -0.25) is 0 Å². The van der Waals surface area contributed by atoms with Crippen molar-refractivity contribution in [2.45, 2.75) is 25.8 Å². The summed E-state index contributed by atoms with van der Waals surface area (Å²) < 4.78 is 11.6. The number of amides is 1. The summed E-state index contributed by atoms with van der Waals surface area (Å²) in [6, 6.07) is 15.7. The summed E-state index contributed by atoms with van der Waals surface area (Å²) in [7, 11) is 0. The van der Waals surface area contributed by atoms with E-state index in [2.05, 4.69) is 4.98 Å². The van der Waals surface area contributed by atoms with Crippen LogP contribution >= 0.6 is 23.6 Å². The summed E-state index contributed by atoms with van der Waals surface area (Å²) in [4.78, 5) is 17.0. The van der Waals surface area contributed by atoms with E-state index < -0.39 is 0 Å². The van der Waals surface area contributed by atoms with Gasteiger partial charge in [-0.2, -0.15) is 0 Å². The lowest BCUT2D eigenvalue weighted by Gasteiger charge is -2.19. The number of aromatic hydroxyl groups is 1. The van der Waals surface area contributed by atoms with Crippen LogP contribution in [0.2, 0.25) is 0 Å². The van der Waals surface area contributed by atoms with E-state index in [0.717, 1.165) is 33.9 Å². The third kappa shape index (κ3) is 4.66. The number of carbonyl (C=O) groups is 1. The lowest BCUT2D eigenvalue weighted by Crippen LogP contribution is -2.34. The van der Waals surface area contributed by atoms with Gasteiger partial charge in [0.25, 0.3) is 0 Å². The number of nitrogens with one attached hydrogen (secondary N) is 1. The molecule has 0 saturated carbocycles. The first-order valence-corrected chi connectivity index (χ1v) is 10.9. The molecule has 0 spiro atoms. The standard InChI is InChI=1S/C22H22N2O4S2/c1-2-24-16(13-27-22(24)26)11-14-3-7-17(8-4-14)28-18-9-5-15(6-10-18)12-19-20(25)23-21(29)30-19/h3-10,16,25H,2,11-13H2,1H3,(H,23,29). The smallest absolute Gasteiger partial charge is 0.410 e. The quantitative estimate of drug-likeness (QED) is 0.487. The number of nitrogens with zero attached hydrogens (tertiary/aromatic N) is 1. The molecule has 1 unspecified atom stereocenters. The number of likely N-dealkylation sites (N-methyl/N-ethyl adjacent to an activating group) is 1. The minimum Gasteiger partial charge on any atom is -0.494 e. The third-order valence-electron chi connectivity index (χ3n) is 5.03. The first-order valence-electron chi connectivity index (χ1n) is 9.72. The van der Waals surface area contributed by atoms with Crippen LogP contribution in [0.3, 0.4) is 0 Å². The maximum atomic E-state index is 11.7. The predicted octanol–water partition coefficient (Wildman–Crippen LogP) is 5.28. The van der Waals surface area contributed by atoms with Crippen molar-refractivity contribution in [1.29, 1.82) is 0 Å². The first-order chi connectivity index (χ1) is 14.5. The molecular weight excluding hydrogens is 420 g/mol. The molecule has 1 aromatic heterocycles. The van der Waals surface area contributed by atoms with Gasteiger partial charge in [0.15, 0.2) is 3.95 Å². The van der Waals surface area contributed by atoms with Crippen molar-refractivity contribution in [3.63, 3.8) is 0 Å². The normalized spacial score (nSPS) is 16.0. The van der Waals surface area contributed by atoms with Crippen molar-refractivity contribution < 1.29 is 19.4 Å². The summed E-state index contributed by atoms with van der Waals surface area (Å²) in [5.74, 6) is 1.63. The Hall–Kier alpha value is -2.84. The second-order valence-corrected chi connectivity index (χ2v) is 8.85. The lowest BCUT2D eigenvalue weighted by molar-refractivity contribution is 0.159. The number of aromatic amines is 1. The molecule has 3 aromatic rings. The molecule has 2 aromatic carbocycles. The number of carbonyl (C=O) groups excluding carboxylic acids is 1. The molecule has 8 heteroatoms. The van der Waals surface area contributed by atoms with Crippen molar-refractivity contribution in [3.05, 3.63) is 68.5 Å². The SMILES string of the molecule is CCN1C(=O)OCC1Cc1ccc(Oc2ccc(Cc3sc(=S)[nH]c3O)cc2)cc1. The molecule has 156 valence electrons. The number of hydrogen-bond acceptors (Lipinski definition) is 6. The Morgan fingerprint density at radius 3 is 2.37 bits per heavy atom. The van der Waals surface area contributed by atoms with Crippen LogP contribution < -0.4 is 4.74 Å². The fraction of sp³-hybridized carbons (Fsp3) is 0.273. The van der Waals surface area contributed by atoms with Gasteiger partial charge in [-0.15, -0.1) is 11.3 Å². The molecule has 1 saturated heterocycles. The van der Waals surface area contributed by atoms with Gasteiger partial charge in [0, 0.05) is 13.0 Å². The molecule has 4 rings (SSSR count). The Kier molecular flexibility index (Phi) is 6.06. The molecule has 2 N–H and O–H groups in total. The van der Waals surface area contributed by atoms with Crippen LogP contribution in [-0.4, -0.2) is 40.3 Å².